The Bertz CT molecular complexity index is 376. The number of rotatable bonds is 1. The summed E-state index contributed by atoms with van der Waals surface area (Å²) in [5.41, 5.74) is 0.409. The minimum atomic E-state index is -4.50. The lowest BCUT2D eigenvalue weighted by atomic mass is 10.1. The summed E-state index contributed by atoms with van der Waals surface area (Å²) in [6.45, 7) is 5.35. The van der Waals surface area contributed by atoms with E-state index in [1.807, 2.05) is 5.92 Å². The van der Waals surface area contributed by atoms with Crippen LogP contribution in [-0.4, -0.2) is 6.18 Å². The Morgan fingerprint density at radius 3 is 2.21 bits per heavy atom. The van der Waals surface area contributed by atoms with E-state index in [9.17, 15) is 13.2 Å². The molecule has 0 bridgehead atoms. The van der Waals surface area contributed by atoms with E-state index >= 15 is 0 Å². The molecule has 0 fully saturated rings. The van der Waals surface area contributed by atoms with Crippen molar-refractivity contribution in [2.24, 2.45) is 0 Å². The standard InChI is InChI=1S/C11H6F3/c1-9(7-8-11(12,13)14)10-5-3-2-4-6-10/h1-6H. The summed E-state index contributed by atoms with van der Waals surface area (Å²) in [7, 11) is 0. The summed E-state index contributed by atoms with van der Waals surface area (Å²) in [6.07, 6.45) is -4.50. The Morgan fingerprint density at radius 2 is 1.71 bits per heavy atom. The first kappa shape index (κ1) is 10.4. The molecule has 14 heavy (non-hydrogen) atoms. The highest BCUT2D eigenvalue weighted by Gasteiger charge is 2.22. The lowest BCUT2D eigenvalue weighted by Gasteiger charge is -1.96. The van der Waals surface area contributed by atoms with E-state index in [2.05, 4.69) is 0 Å². The van der Waals surface area contributed by atoms with Crippen LogP contribution in [0.15, 0.2) is 30.3 Å². The molecule has 0 saturated heterocycles. The van der Waals surface area contributed by atoms with Crippen molar-refractivity contribution in [1.82, 2.24) is 0 Å². The van der Waals surface area contributed by atoms with Gasteiger partial charge in [-0.2, -0.15) is 13.2 Å². The molecule has 1 rings (SSSR count). The van der Waals surface area contributed by atoms with Gasteiger partial charge in [0, 0.05) is 11.5 Å². The third kappa shape index (κ3) is 3.36. The van der Waals surface area contributed by atoms with Crippen LogP contribution in [0.25, 0.3) is 5.57 Å². The van der Waals surface area contributed by atoms with Crippen LogP contribution in [0.1, 0.15) is 5.56 Å². The van der Waals surface area contributed by atoms with Crippen LogP contribution in [0.5, 0.6) is 0 Å². The van der Waals surface area contributed by atoms with Crippen molar-refractivity contribution in [3.63, 3.8) is 0 Å². The molecule has 0 atom stereocenters. The molecule has 0 aromatic heterocycles. The fourth-order valence-corrected chi connectivity index (χ4v) is 0.828. The van der Waals surface area contributed by atoms with Gasteiger partial charge in [-0.3, -0.25) is 0 Å². The number of alkyl halides is 3. The quantitative estimate of drug-likeness (QED) is 0.604. The minimum absolute atomic E-state index is 0.0806. The summed E-state index contributed by atoms with van der Waals surface area (Å²) >= 11 is 0. The largest absolute Gasteiger partial charge is 0.458 e. The van der Waals surface area contributed by atoms with Gasteiger partial charge in [-0.25, -0.2) is 0 Å². The molecule has 0 aliphatic rings. The molecule has 0 amide bonds. The van der Waals surface area contributed by atoms with E-state index in [1.165, 1.54) is 0 Å². The second-order valence-electron chi connectivity index (χ2n) is 2.53. The van der Waals surface area contributed by atoms with E-state index < -0.39 is 6.18 Å². The monoisotopic (exact) mass is 195 g/mol. The number of hydrogen-bond acceptors (Lipinski definition) is 0. The van der Waals surface area contributed by atoms with Gasteiger partial charge in [-0.05, 0) is 12.1 Å². The summed E-state index contributed by atoms with van der Waals surface area (Å²) in [6, 6.07) is 8.30. The maximum atomic E-state index is 11.7. The molecule has 71 valence electrons. The molecule has 0 N–H and O–H groups in total. The fourth-order valence-electron chi connectivity index (χ4n) is 0.828. The Labute approximate surface area is 80.1 Å². The summed E-state index contributed by atoms with van der Waals surface area (Å²) < 4.78 is 35.1. The molecule has 0 spiro atoms. The molecule has 0 nitrogen and oxygen atoms in total. The molecule has 1 aromatic rings. The van der Waals surface area contributed by atoms with Gasteiger partial charge < -0.3 is 0 Å². The predicted octanol–water partition coefficient (Wildman–Crippen LogP) is 3.07. The average Bonchev–Trinajstić information content (AvgIpc) is 2.14. The van der Waals surface area contributed by atoms with Crippen molar-refractivity contribution < 1.29 is 13.2 Å². The van der Waals surface area contributed by atoms with Crippen LogP contribution in [0.2, 0.25) is 0 Å². The zero-order valence-corrected chi connectivity index (χ0v) is 7.10. The first-order valence-electron chi connectivity index (χ1n) is 3.77. The number of hydrogen-bond donors (Lipinski definition) is 0. The minimum Gasteiger partial charge on any atom is -0.159 e. The Hall–Kier alpha value is -1.69. The van der Waals surface area contributed by atoms with Crippen LogP contribution >= 0.6 is 0 Å². The van der Waals surface area contributed by atoms with Crippen molar-refractivity contribution >= 4 is 5.57 Å². The van der Waals surface area contributed by atoms with Crippen molar-refractivity contribution in [1.29, 1.82) is 0 Å². The summed E-state index contributed by atoms with van der Waals surface area (Å²) in [5, 5.41) is 0. The smallest absolute Gasteiger partial charge is 0.159 e. The van der Waals surface area contributed by atoms with Crippen molar-refractivity contribution in [3.05, 3.63) is 42.5 Å². The number of halogens is 3. The Kier molecular flexibility index (Phi) is 2.98. The normalized spacial score (nSPS) is 10.2. The summed E-state index contributed by atoms with van der Waals surface area (Å²) in [5.74, 6) is 2.97. The number of allylic oxidation sites excluding steroid dienone is 1. The second-order valence-corrected chi connectivity index (χ2v) is 2.53. The first-order valence-corrected chi connectivity index (χ1v) is 3.77. The lowest BCUT2D eigenvalue weighted by molar-refractivity contribution is -0.0696. The van der Waals surface area contributed by atoms with Crippen molar-refractivity contribution in [2.75, 3.05) is 0 Å². The van der Waals surface area contributed by atoms with Gasteiger partial charge in [-0.15, -0.1) is 0 Å². The highest BCUT2D eigenvalue weighted by atomic mass is 19.4. The van der Waals surface area contributed by atoms with Gasteiger partial charge in [0.1, 0.15) is 0 Å². The van der Waals surface area contributed by atoms with Crippen LogP contribution in [-0.2, 0) is 0 Å². The van der Waals surface area contributed by atoms with Crippen molar-refractivity contribution in [2.45, 2.75) is 6.18 Å². The highest BCUT2D eigenvalue weighted by molar-refractivity contribution is 5.75. The van der Waals surface area contributed by atoms with Gasteiger partial charge in [0.2, 0.25) is 0 Å². The molecule has 0 saturated carbocycles. The Morgan fingerprint density at radius 1 is 1.14 bits per heavy atom. The molecule has 1 radical (unpaired) electrons. The predicted molar refractivity (Wildman–Crippen MR) is 48.0 cm³/mol. The average molecular weight is 195 g/mol. The molecule has 0 heterocycles. The Balaban J connectivity index is 2.82. The third-order valence-electron chi connectivity index (χ3n) is 1.42. The molecule has 0 aliphatic heterocycles. The zero-order chi connectivity index (χ0) is 10.6. The molecule has 0 aliphatic carbocycles. The van der Waals surface area contributed by atoms with E-state index in [1.54, 1.807) is 30.3 Å². The van der Waals surface area contributed by atoms with Crippen LogP contribution < -0.4 is 0 Å². The van der Waals surface area contributed by atoms with E-state index in [0.29, 0.717) is 5.56 Å². The zero-order valence-electron chi connectivity index (χ0n) is 7.10. The molecule has 1 aromatic carbocycles. The van der Waals surface area contributed by atoms with E-state index in [4.69, 9.17) is 6.58 Å². The van der Waals surface area contributed by atoms with Crippen molar-refractivity contribution in [3.8, 4) is 11.8 Å². The molecule has 0 unspecified atom stereocenters. The topological polar surface area (TPSA) is 0 Å². The summed E-state index contributed by atoms with van der Waals surface area (Å²) in [4.78, 5) is 0. The van der Waals surface area contributed by atoms with Gasteiger partial charge in [0.25, 0.3) is 0 Å². The van der Waals surface area contributed by atoms with E-state index in [0.717, 1.165) is 5.92 Å². The third-order valence-corrected chi connectivity index (χ3v) is 1.42. The SMILES string of the molecule is [CH]=C(C#CC(F)(F)F)c1ccccc1. The second kappa shape index (κ2) is 4.01. The van der Waals surface area contributed by atoms with Crippen LogP contribution in [0, 0.1) is 18.4 Å². The van der Waals surface area contributed by atoms with Gasteiger partial charge >= 0.3 is 6.18 Å². The van der Waals surface area contributed by atoms with Gasteiger partial charge in [0.05, 0.1) is 0 Å². The number of benzene rings is 1. The lowest BCUT2D eigenvalue weighted by Crippen LogP contribution is -2.01. The van der Waals surface area contributed by atoms with Crippen LogP contribution in [0.4, 0.5) is 13.2 Å². The molecular formula is C11H6F3. The highest BCUT2D eigenvalue weighted by Crippen LogP contribution is 2.15. The molecular weight excluding hydrogens is 189 g/mol. The fraction of sp³-hybridized carbons (Fsp3) is 0.0909. The maximum Gasteiger partial charge on any atom is 0.458 e. The van der Waals surface area contributed by atoms with Gasteiger partial charge in [-0.1, -0.05) is 36.3 Å². The van der Waals surface area contributed by atoms with Crippen LogP contribution in [0.3, 0.4) is 0 Å². The van der Waals surface area contributed by atoms with E-state index in [-0.39, 0.29) is 5.57 Å². The first-order chi connectivity index (χ1) is 6.49. The maximum absolute atomic E-state index is 11.7. The molecule has 3 heteroatoms. The van der Waals surface area contributed by atoms with Gasteiger partial charge in [0.15, 0.2) is 0 Å².